The molecule has 2 aliphatic rings. The first-order valence-corrected chi connectivity index (χ1v) is 16.3. The van der Waals surface area contributed by atoms with Crippen molar-refractivity contribution in [1.82, 2.24) is 20.2 Å². The molecule has 12 nitrogen and oxygen atoms in total. The van der Waals surface area contributed by atoms with Gasteiger partial charge in [-0.3, -0.25) is 19.0 Å². The molecule has 3 aromatic carbocycles. The zero-order valence-electron chi connectivity index (χ0n) is 26.2. The smallest absolute Gasteiger partial charge is 0.262 e. The molecule has 1 saturated heterocycles. The van der Waals surface area contributed by atoms with E-state index in [-0.39, 0.29) is 42.6 Å². The molecule has 3 heterocycles. The molecule has 13 heteroatoms. The van der Waals surface area contributed by atoms with E-state index in [0.29, 0.717) is 70.7 Å². The number of nitrogens with zero attached hydrogens (tertiary/aromatic N) is 2. The van der Waals surface area contributed by atoms with Gasteiger partial charge in [-0.1, -0.05) is 30.0 Å². The van der Waals surface area contributed by atoms with E-state index in [4.69, 9.17) is 28.7 Å². The van der Waals surface area contributed by atoms with E-state index in [0.717, 1.165) is 24.0 Å². The molecular formula is C34H36N4O8S. The molecule has 0 aliphatic carbocycles. The lowest BCUT2D eigenvalue weighted by Gasteiger charge is -2.15. The molecule has 0 radical (unpaired) electrons. The summed E-state index contributed by atoms with van der Waals surface area (Å²) in [5.74, 6) is 2.00. The van der Waals surface area contributed by atoms with Crippen LogP contribution >= 0.6 is 11.8 Å². The van der Waals surface area contributed by atoms with Gasteiger partial charge in [-0.2, -0.15) is 0 Å². The summed E-state index contributed by atoms with van der Waals surface area (Å²) < 4.78 is 28.8. The Hall–Kier alpha value is -4.75. The number of thioether (sulfide) groups is 1. The third kappa shape index (κ3) is 7.63. The van der Waals surface area contributed by atoms with E-state index in [1.165, 1.54) is 11.8 Å². The number of amides is 2. The van der Waals surface area contributed by atoms with Crippen LogP contribution in [-0.2, 0) is 22.5 Å². The molecule has 1 atom stereocenters. The Morgan fingerprint density at radius 1 is 0.979 bits per heavy atom. The van der Waals surface area contributed by atoms with Crippen LogP contribution in [0.3, 0.4) is 0 Å². The molecule has 6 rings (SSSR count). The Labute approximate surface area is 275 Å². The lowest BCUT2D eigenvalue weighted by molar-refractivity contribution is -0.119. The Morgan fingerprint density at radius 2 is 1.74 bits per heavy atom. The fourth-order valence-corrected chi connectivity index (χ4v) is 6.29. The molecule has 47 heavy (non-hydrogen) atoms. The largest absolute Gasteiger partial charge is 0.493 e. The Bertz CT molecular complexity index is 1820. The van der Waals surface area contributed by atoms with Crippen LogP contribution in [0.25, 0.3) is 10.9 Å². The van der Waals surface area contributed by atoms with Crippen LogP contribution in [0.15, 0.2) is 64.5 Å². The second-order valence-electron chi connectivity index (χ2n) is 11.1. The topological polar surface area (TPSA) is 139 Å². The van der Waals surface area contributed by atoms with Crippen LogP contribution in [0.4, 0.5) is 0 Å². The van der Waals surface area contributed by atoms with Crippen molar-refractivity contribution in [3.63, 3.8) is 0 Å². The minimum atomic E-state index is -0.271. The second kappa shape index (κ2) is 14.8. The maximum Gasteiger partial charge on any atom is 0.262 e. The van der Waals surface area contributed by atoms with Crippen LogP contribution < -0.4 is 35.1 Å². The highest BCUT2D eigenvalue weighted by atomic mass is 32.2. The van der Waals surface area contributed by atoms with Gasteiger partial charge in [0.15, 0.2) is 28.2 Å². The van der Waals surface area contributed by atoms with Gasteiger partial charge in [0, 0.05) is 31.3 Å². The summed E-state index contributed by atoms with van der Waals surface area (Å²) in [6.45, 7) is 1.87. The first-order chi connectivity index (χ1) is 22.9. The Balaban J connectivity index is 1.14. The van der Waals surface area contributed by atoms with E-state index in [1.807, 2.05) is 30.3 Å². The van der Waals surface area contributed by atoms with Crippen LogP contribution in [0.1, 0.15) is 34.3 Å². The highest BCUT2D eigenvalue weighted by molar-refractivity contribution is 7.99. The van der Waals surface area contributed by atoms with Gasteiger partial charge in [0.25, 0.3) is 11.5 Å². The fourth-order valence-electron chi connectivity index (χ4n) is 5.46. The molecule has 0 unspecified atom stereocenters. The number of aromatic nitrogens is 2. The molecule has 0 saturated carbocycles. The van der Waals surface area contributed by atoms with Crippen molar-refractivity contribution in [2.45, 2.75) is 37.1 Å². The number of hydrogen-bond acceptors (Lipinski definition) is 10. The SMILES string of the molecule is COc1ccc(CCNC(=O)c2ccc(Cn3c(SCC(=O)NC[C@@H]4CCCO4)nc4cc5c(cc4c3=O)OCO5)cc2)cc1OC. The molecule has 1 fully saturated rings. The summed E-state index contributed by atoms with van der Waals surface area (Å²) in [6.07, 6.45) is 2.57. The zero-order chi connectivity index (χ0) is 32.8. The maximum absolute atomic E-state index is 13.8. The van der Waals surface area contributed by atoms with E-state index < -0.39 is 0 Å². The number of ether oxygens (including phenoxy) is 5. The van der Waals surface area contributed by atoms with Crippen LogP contribution in [0.2, 0.25) is 0 Å². The molecule has 0 bridgehead atoms. The zero-order valence-corrected chi connectivity index (χ0v) is 27.0. The van der Waals surface area contributed by atoms with E-state index in [1.54, 1.807) is 43.1 Å². The molecule has 4 aromatic rings. The molecule has 0 spiro atoms. The van der Waals surface area contributed by atoms with Crippen molar-refractivity contribution in [1.29, 1.82) is 0 Å². The third-order valence-electron chi connectivity index (χ3n) is 8.00. The van der Waals surface area contributed by atoms with E-state index in [2.05, 4.69) is 10.6 Å². The number of methoxy groups -OCH3 is 2. The number of hydrogen-bond donors (Lipinski definition) is 2. The number of nitrogens with one attached hydrogen (secondary N) is 2. The van der Waals surface area contributed by atoms with Crippen molar-refractivity contribution in [3.8, 4) is 23.0 Å². The van der Waals surface area contributed by atoms with Crippen LogP contribution in [0, 0.1) is 0 Å². The Morgan fingerprint density at radius 3 is 2.49 bits per heavy atom. The number of benzene rings is 3. The minimum Gasteiger partial charge on any atom is -0.493 e. The summed E-state index contributed by atoms with van der Waals surface area (Å²) in [6, 6.07) is 16.1. The van der Waals surface area contributed by atoms with Gasteiger partial charge >= 0.3 is 0 Å². The third-order valence-corrected chi connectivity index (χ3v) is 8.98. The maximum atomic E-state index is 13.8. The second-order valence-corrected chi connectivity index (χ2v) is 12.1. The average Bonchev–Trinajstić information content (AvgIpc) is 3.79. The summed E-state index contributed by atoms with van der Waals surface area (Å²) in [7, 11) is 3.17. The van der Waals surface area contributed by atoms with Crippen molar-refractivity contribution in [2.24, 2.45) is 0 Å². The normalized spacial score (nSPS) is 15.1. The quantitative estimate of drug-likeness (QED) is 0.162. The Kier molecular flexibility index (Phi) is 10.1. The first-order valence-electron chi connectivity index (χ1n) is 15.3. The number of fused-ring (bicyclic) bond motifs is 2. The lowest BCUT2D eigenvalue weighted by Crippen LogP contribution is -2.33. The van der Waals surface area contributed by atoms with Crippen molar-refractivity contribution in [3.05, 3.63) is 81.6 Å². The van der Waals surface area contributed by atoms with E-state index >= 15 is 0 Å². The van der Waals surface area contributed by atoms with Gasteiger partial charge < -0.3 is 34.3 Å². The number of carbonyl (C=O) groups is 2. The molecule has 246 valence electrons. The summed E-state index contributed by atoms with van der Waals surface area (Å²) in [5, 5.41) is 6.64. The fraction of sp³-hybridized carbons (Fsp3) is 0.353. The van der Waals surface area contributed by atoms with Crippen molar-refractivity contribution >= 4 is 34.5 Å². The predicted molar refractivity (Wildman–Crippen MR) is 176 cm³/mol. The summed E-state index contributed by atoms with van der Waals surface area (Å²) >= 11 is 1.19. The average molecular weight is 661 g/mol. The molecule has 2 aliphatic heterocycles. The van der Waals surface area contributed by atoms with Crippen molar-refractivity contribution < 1.29 is 33.3 Å². The highest BCUT2D eigenvalue weighted by Gasteiger charge is 2.21. The van der Waals surface area contributed by atoms with Crippen molar-refractivity contribution in [2.75, 3.05) is 46.5 Å². The number of carbonyl (C=O) groups excluding carboxylic acids is 2. The monoisotopic (exact) mass is 660 g/mol. The first kappa shape index (κ1) is 32.2. The van der Waals surface area contributed by atoms with Gasteiger partial charge in [-0.25, -0.2) is 4.98 Å². The predicted octanol–water partition coefficient (Wildman–Crippen LogP) is 3.55. The molecular weight excluding hydrogens is 624 g/mol. The summed E-state index contributed by atoms with van der Waals surface area (Å²) in [5.41, 5.74) is 2.48. The van der Waals surface area contributed by atoms with Gasteiger partial charge in [0.05, 0.1) is 43.5 Å². The molecule has 1 aromatic heterocycles. The standard InChI is InChI=1S/C34H36N4O8S/c1-42-27-10-7-21(14-28(27)43-2)11-12-35-32(40)23-8-5-22(6-9-23)18-38-33(41)25-15-29-30(46-20-45-29)16-26(25)37-34(38)47-19-31(39)36-17-24-4-3-13-44-24/h5-10,14-16,24H,3-4,11-13,17-20H2,1-2H3,(H,35,40)(H,36,39)/t24-/m0/s1. The van der Waals surface area contributed by atoms with Crippen LogP contribution in [0.5, 0.6) is 23.0 Å². The van der Waals surface area contributed by atoms with E-state index in [9.17, 15) is 14.4 Å². The minimum absolute atomic E-state index is 0.0351. The van der Waals surface area contributed by atoms with Gasteiger partial charge in [0.2, 0.25) is 12.7 Å². The number of rotatable bonds is 13. The van der Waals surface area contributed by atoms with Gasteiger partial charge in [0.1, 0.15) is 0 Å². The van der Waals surface area contributed by atoms with Gasteiger partial charge in [-0.05, 0) is 60.7 Å². The lowest BCUT2D eigenvalue weighted by atomic mass is 10.1. The molecule has 2 amide bonds. The van der Waals surface area contributed by atoms with Crippen LogP contribution in [-0.4, -0.2) is 73.9 Å². The van der Waals surface area contributed by atoms with Gasteiger partial charge in [-0.15, -0.1) is 0 Å². The summed E-state index contributed by atoms with van der Waals surface area (Å²) in [4.78, 5) is 44.1. The highest BCUT2D eigenvalue weighted by Crippen LogP contribution is 2.35. The molecule has 2 N–H and O–H groups in total.